The van der Waals surface area contributed by atoms with Crippen LogP contribution in [0.3, 0.4) is 0 Å². The highest BCUT2D eigenvalue weighted by molar-refractivity contribution is 9.10. The highest BCUT2D eigenvalue weighted by Gasteiger charge is 2.16. The molecular weight excluding hydrogens is 352 g/mol. The number of hydrogen-bond donors (Lipinski definition) is 2. The fourth-order valence-electron chi connectivity index (χ4n) is 3.27. The van der Waals surface area contributed by atoms with Gasteiger partial charge in [-0.2, -0.15) is 5.10 Å². The van der Waals surface area contributed by atoms with Crippen LogP contribution in [0.25, 0.3) is 0 Å². The molecule has 0 fully saturated rings. The van der Waals surface area contributed by atoms with Crippen molar-refractivity contribution in [2.45, 2.75) is 51.4 Å². The van der Waals surface area contributed by atoms with Crippen LogP contribution < -0.4 is 5.73 Å². The SMILES string of the molecule is Brc1cc2c([nH]1)CCCC2.C=C.Cn1nc2c(c1N)CCCC2. The second kappa shape index (κ2) is 8.39. The summed E-state index contributed by atoms with van der Waals surface area (Å²) in [4.78, 5) is 3.31. The van der Waals surface area contributed by atoms with Crippen molar-refractivity contribution in [3.63, 3.8) is 0 Å². The lowest BCUT2D eigenvalue weighted by atomic mass is 9.98. The fraction of sp³-hybridized carbons (Fsp3) is 0.500. The Morgan fingerprint density at radius 3 is 2.48 bits per heavy atom. The molecule has 0 radical (unpaired) electrons. The Bertz CT molecular complexity index is 618. The first-order chi connectivity index (χ1) is 11.1. The maximum absolute atomic E-state index is 5.82. The molecule has 2 heterocycles. The van der Waals surface area contributed by atoms with Gasteiger partial charge in [-0.1, -0.05) is 0 Å². The number of rotatable bonds is 0. The van der Waals surface area contributed by atoms with Crippen molar-refractivity contribution in [1.82, 2.24) is 14.8 Å². The summed E-state index contributed by atoms with van der Waals surface area (Å²) < 4.78 is 2.93. The van der Waals surface area contributed by atoms with Crippen molar-refractivity contribution in [3.8, 4) is 0 Å². The first-order valence-corrected chi connectivity index (χ1v) is 9.11. The molecule has 0 aromatic carbocycles. The first-order valence-electron chi connectivity index (χ1n) is 8.31. The second-order valence-corrected chi connectivity index (χ2v) is 6.82. The number of nitrogens with one attached hydrogen (secondary N) is 1. The Hall–Kier alpha value is -1.49. The molecule has 0 bridgehead atoms. The van der Waals surface area contributed by atoms with E-state index < -0.39 is 0 Å². The van der Waals surface area contributed by atoms with Crippen LogP contribution in [0.5, 0.6) is 0 Å². The number of aromatic amines is 1. The number of H-pyrrole nitrogens is 1. The van der Waals surface area contributed by atoms with Crippen molar-refractivity contribution in [1.29, 1.82) is 0 Å². The summed E-state index contributed by atoms with van der Waals surface area (Å²) in [7, 11) is 1.91. The van der Waals surface area contributed by atoms with E-state index in [4.69, 9.17) is 5.73 Å². The van der Waals surface area contributed by atoms with Gasteiger partial charge in [-0.15, -0.1) is 13.2 Å². The van der Waals surface area contributed by atoms with Gasteiger partial charge in [-0.3, -0.25) is 4.68 Å². The standard InChI is InChI=1S/C8H10BrN.C8H13N3.C2H4/c9-8-5-6-3-1-2-4-7(6)10-8;1-11-8(9)6-4-2-3-5-7(6)10-11;1-2/h5,10H,1-4H2;2-5,9H2,1H3;1-2H2. The molecule has 0 saturated carbocycles. The molecule has 4 rings (SSSR count). The number of nitrogen functional groups attached to an aromatic ring is 1. The Morgan fingerprint density at radius 1 is 1.13 bits per heavy atom. The summed E-state index contributed by atoms with van der Waals surface area (Å²) in [6, 6.07) is 2.20. The van der Waals surface area contributed by atoms with E-state index in [0.29, 0.717) is 0 Å². The third kappa shape index (κ3) is 4.28. The molecule has 0 aliphatic heterocycles. The summed E-state index contributed by atoms with van der Waals surface area (Å²) in [5.41, 5.74) is 11.3. The van der Waals surface area contributed by atoms with E-state index in [1.807, 2.05) is 7.05 Å². The van der Waals surface area contributed by atoms with Crippen LogP contribution in [0.1, 0.15) is 48.2 Å². The van der Waals surface area contributed by atoms with Gasteiger partial charge in [0.15, 0.2) is 0 Å². The topological polar surface area (TPSA) is 59.6 Å². The molecular formula is C18H27BrN4. The minimum Gasteiger partial charge on any atom is -0.384 e. The average molecular weight is 379 g/mol. The molecule has 0 saturated heterocycles. The van der Waals surface area contributed by atoms with E-state index in [1.54, 1.807) is 4.68 Å². The van der Waals surface area contributed by atoms with E-state index in [2.05, 4.69) is 45.2 Å². The van der Waals surface area contributed by atoms with E-state index in [0.717, 1.165) is 23.3 Å². The van der Waals surface area contributed by atoms with Gasteiger partial charge in [-0.25, -0.2) is 0 Å². The molecule has 0 amide bonds. The summed E-state index contributed by atoms with van der Waals surface area (Å²) in [5.74, 6) is 0.861. The van der Waals surface area contributed by atoms with E-state index >= 15 is 0 Å². The maximum Gasteiger partial charge on any atom is 0.124 e. The van der Waals surface area contributed by atoms with Gasteiger partial charge in [0.1, 0.15) is 5.82 Å². The highest BCUT2D eigenvalue weighted by atomic mass is 79.9. The van der Waals surface area contributed by atoms with Gasteiger partial charge >= 0.3 is 0 Å². The van der Waals surface area contributed by atoms with Crippen LogP contribution in [0.2, 0.25) is 0 Å². The number of halogens is 1. The molecule has 2 aromatic heterocycles. The molecule has 0 unspecified atom stereocenters. The van der Waals surface area contributed by atoms with Crippen molar-refractivity contribution in [3.05, 3.63) is 46.3 Å². The fourth-order valence-corrected chi connectivity index (χ4v) is 3.79. The van der Waals surface area contributed by atoms with Gasteiger partial charge in [0, 0.05) is 18.3 Å². The lowest BCUT2D eigenvalue weighted by Crippen LogP contribution is -2.02. The highest BCUT2D eigenvalue weighted by Crippen LogP contribution is 2.25. The number of hydrogen-bond acceptors (Lipinski definition) is 2. The smallest absolute Gasteiger partial charge is 0.124 e. The van der Waals surface area contributed by atoms with E-state index in [9.17, 15) is 0 Å². The summed E-state index contributed by atoms with van der Waals surface area (Å²) in [6.07, 6.45) is 9.97. The van der Waals surface area contributed by atoms with Crippen LogP contribution in [0.4, 0.5) is 5.82 Å². The Morgan fingerprint density at radius 2 is 1.78 bits per heavy atom. The van der Waals surface area contributed by atoms with Gasteiger partial charge in [0.25, 0.3) is 0 Å². The molecule has 0 atom stereocenters. The molecule has 4 nitrogen and oxygen atoms in total. The average Bonchev–Trinajstić information content (AvgIpc) is 3.09. The van der Waals surface area contributed by atoms with Gasteiger partial charge < -0.3 is 10.7 Å². The summed E-state index contributed by atoms with van der Waals surface area (Å²) in [6.45, 7) is 6.00. The van der Waals surface area contributed by atoms with E-state index in [1.165, 1.54) is 61.0 Å². The van der Waals surface area contributed by atoms with Crippen LogP contribution in [-0.2, 0) is 32.7 Å². The molecule has 5 heteroatoms. The molecule has 3 N–H and O–H groups in total. The zero-order valence-corrected chi connectivity index (χ0v) is 15.6. The van der Waals surface area contributed by atoms with Gasteiger partial charge in [0.2, 0.25) is 0 Å². The predicted octanol–water partition coefficient (Wildman–Crippen LogP) is 4.34. The number of anilines is 1. The van der Waals surface area contributed by atoms with Crippen molar-refractivity contribution in [2.24, 2.45) is 7.05 Å². The molecule has 2 aliphatic rings. The first kappa shape index (κ1) is 17.9. The zero-order chi connectivity index (χ0) is 16.8. The van der Waals surface area contributed by atoms with Gasteiger partial charge in [-0.05, 0) is 78.9 Å². The third-order valence-corrected chi connectivity index (χ3v) is 4.88. The van der Waals surface area contributed by atoms with Crippen molar-refractivity contribution >= 4 is 21.7 Å². The minimum atomic E-state index is 0.861. The van der Waals surface area contributed by atoms with Crippen molar-refractivity contribution in [2.75, 3.05) is 5.73 Å². The van der Waals surface area contributed by atoms with E-state index in [-0.39, 0.29) is 0 Å². The molecule has 23 heavy (non-hydrogen) atoms. The molecule has 2 aromatic rings. The van der Waals surface area contributed by atoms with Crippen LogP contribution in [0, 0.1) is 0 Å². The zero-order valence-electron chi connectivity index (χ0n) is 14.0. The minimum absolute atomic E-state index is 0.861. The number of aromatic nitrogens is 3. The second-order valence-electron chi connectivity index (χ2n) is 5.97. The number of nitrogens with two attached hydrogens (primary N) is 1. The lowest BCUT2D eigenvalue weighted by molar-refractivity contribution is 0.664. The Labute approximate surface area is 147 Å². The number of fused-ring (bicyclic) bond motifs is 2. The predicted molar refractivity (Wildman–Crippen MR) is 101 cm³/mol. The number of nitrogens with zero attached hydrogens (tertiary/aromatic N) is 2. The molecule has 0 spiro atoms. The van der Waals surface area contributed by atoms with Crippen LogP contribution in [0.15, 0.2) is 23.8 Å². The van der Waals surface area contributed by atoms with Crippen LogP contribution >= 0.6 is 15.9 Å². The molecule has 2 aliphatic carbocycles. The summed E-state index contributed by atoms with van der Waals surface area (Å²) >= 11 is 3.44. The van der Waals surface area contributed by atoms with Crippen LogP contribution in [-0.4, -0.2) is 14.8 Å². The normalized spacial score (nSPS) is 15.4. The monoisotopic (exact) mass is 378 g/mol. The third-order valence-electron chi connectivity index (χ3n) is 4.45. The lowest BCUT2D eigenvalue weighted by Gasteiger charge is -2.08. The van der Waals surface area contributed by atoms with Gasteiger partial charge in [0.05, 0.1) is 10.3 Å². The Kier molecular flexibility index (Phi) is 6.51. The quantitative estimate of drug-likeness (QED) is 0.669. The van der Waals surface area contributed by atoms with Crippen molar-refractivity contribution < 1.29 is 0 Å². The summed E-state index contributed by atoms with van der Waals surface area (Å²) in [5, 5.41) is 4.34. The Balaban J connectivity index is 0.000000152. The molecule has 126 valence electrons. The number of aryl methyl sites for hydroxylation is 4. The largest absolute Gasteiger partial charge is 0.384 e. The maximum atomic E-state index is 5.82.